The van der Waals surface area contributed by atoms with Crippen molar-refractivity contribution >= 4 is 21.6 Å². The Morgan fingerprint density at radius 2 is 1.94 bits per heavy atom. The SMILES string of the molecule is Cc1nnc(CNS(=O)(=O)c2ccc(Cl)cc2)o1. The average Bonchev–Trinajstić information content (AvgIpc) is 2.73. The molecule has 0 spiro atoms. The zero-order chi connectivity index (χ0) is 13.2. The van der Waals surface area contributed by atoms with Crippen molar-refractivity contribution in [2.24, 2.45) is 0 Å². The summed E-state index contributed by atoms with van der Waals surface area (Å²) in [6, 6.07) is 5.85. The minimum atomic E-state index is -3.60. The summed E-state index contributed by atoms with van der Waals surface area (Å²) in [7, 11) is -3.60. The monoisotopic (exact) mass is 287 g/mol. The maximum Gasteiger partial charge on any atom is 0.241 e. The molecule has 0 fully saturated rings. The van der Waals surface area contributed by atoms with Crippen molar-refractivity contribution in [2.75, 3.05) is 0 Å². The molecule has 0 saturated carbocycles. The number of aromatic nitrogens is 2. The maximum absolute atomic E-state index is 11.9. The third kappa shape index (κ3) is 3.06. The summed E-state index contributed by atoms with van der Waals surface area (Å²) in [6.45, 7) is 1.58. The highest BCUT2D eigenvalue weighted by atomic mass is 35.5. The van der Waals surface area contributed by atoms with E-state index in [2.05, 4.69) is 14.9 Å². The molecule has 2 aromatic rings. The van der Waals surface area contributed by atoms with Gasteiger partial charge in [0.05, 0.1) is 11.4 Å². The van der Waals surface area contributed by atoms with Crippen LogP contribution in [-0.4, -0.2) is 18.6 Å². The molecule has 1 heterocycles. The lowest BCUT2D eigenvalue weighted by Gasteiger charge is -2.04. The van der Waals surface area contributed by atoms with Gasteiger partial charge in [-0.05, 0) is 24.3 Å². The van der Waals surface area contributed by atoms with Crippen LogP contribution in [0.25, 0.3) is 0 Å². The molecule has 0 bridgehead atoms. The Kier molecular flexibility index (Phi) is 3.65. The van der Waals surface area contributed by atoms with Crippen LogP contribution in [0.5, 0.6) is 0 Å². The topological polar surface area (TPSA) is 85.1 Å². The maximum atomic E-state index is 11.9. The van der Waals surface area contributed by atoms with E-state index in [1.807, 2.05) is 0 Å². The van der Waals surface area contributed by atoms with Gasteiger partial charge in [-0.2, -0.15) is 0 Å². The van der Waals surface area contributed by atoms with Gasteiger partial charge in [0.15, 0.2) is 0 Å². The van der Waals surface area contributed by atoms with E-state index >= 15 is 0 Å². The van der Waals surface area contributed by atoms with Crippen molar-refractivity contribution in [2.45, 2.75) is 18.4 Å². The van der Waals surface area contributed by atoms with Gasteiger partial charge in [0.1, 0.15) is 0 Å². The lowest BCUT2D eigenvalue weighted by atomic mass is 10.4. The molecule has 0 atom stereocenters. The quantitative estimate of drug-likeness (QED) is 0.921. The second-order valence-corrected chi connectivity index (χ2v) is 5.70. The largest absolute Gasteiger partial charge is 0.424 e. The van der Waals surface area contributed by atoms with Crippen LogP contribution in [0.15, 0.2) is 33.6 Å². The Hall–Kier alpha value is -1.44. The molecule has 0 saturated heterocycles. The first kappa shape index (κ1) is 13.0. The number of rotatable bonds is 4. The normalized spacial score (nSPS) is 11.7. The van der Waals surface area contributed by atoms with Crippen molar-refractivity contribution in [1.29, 1.82) is 0 Å². The van der Waals surface area contributed by atoms with Crippen LogP contribution in [-0.2, 0) is 16.6 Å². The van der Waals surface area contributed by atoms with Crippen LogP contribution in [0.3, 0.4) is 0 Å². The fourth-order valence-electron chi connectivity index (χ4n) is 1.26. The van der Waals surface area contributed by atoms with Gasteiger partial charge in [0, 0.05) is 11.9 Å². The molecule has 18 heavy (non-hydrogen) atoms. The number of nitrogens with one attached hydrogen (secondary N) is 1. The molecular formula is C10H10ClN3O3S. The van der Waals surface area contributed by atoms with Gasteiger partial charge in [-0.1, -0.05) is 11.6 Å². The molecule has 0 amide bonds. The highest BCUT2D eigenvalue weighted by Gasteiger charge is 2.15. The van der Waals surface area contributed by atoms with E-state index in [1.165, 1.54) is 24.3 Å². The summed E-state index contributed by atoms with van der Waals surface area (Å²) in [5.41, 5.74) is 0. The van der Waals surface area contributed by atoms with Crippen molar-refractivity contribution in [1.82, 2.24) is 14.9 Å². The zero-order valence-corrected chi connectivity index (χ0v) is 11.0. The third-order valence-corrected chi connectivity index (χ3v) is 3.77. The van der Waals surface area contributed by atoms with Crippen LogP contribution < -0.4 is 4.72 Å². The highest BCUT2D eigenvalue weighted by molar-refractivity contribution is 7.89. The summed E-state index contributed by atoms with van der Waals surface area (Å²) < 4.78 is 31.2. The Morgan fingerprint density at radius 1 is 1.28 bits per heavy atom. The molecule has 0 aliphatic rings. The molecule has 6 nitrogen and oxygen atoms in total. The lowest BCUT2D eigenvalue weighted by Crippen LogP contribution is -2.23. The van der Waals surface area contributed by atoms with E-state index in [-0.39, 0.29) is 17.3 Å². The molecule has 2 rings (SSSR count). The molecule has 1 N–H and O–H groups in total. The Morgan fingerprint density at radius 3 is 2.50 bits per heavy atom. The Balaban J connectivity index is 2.10. The van der Waals surface area contributed by atoms with E-state index in [4.69, 9.17) is 16.0 Å². The predicted octanol–water partition coefficient (Wildman–Crippen LogP) is 1.51. The first-order valence-corrected chi connectivity index (χ1v) is 6.88. The fraction of sp³-hybridized carbons (Fsp3) is 0.200. The van der Waals surface area contributed by atoms with Gasteiger partial charge < -0.3 is 4.42 Å². The molecule has 0 aliphatic carbocycles. The molecule has 96 valence electrons. The lowest BCUT2D eigenvalue weighted by molar-refractivity contribution is 0.460. The van der Waals surface area contributed by atoms with Gasteiger partial charge in [-0.15, -0.1) is 10.2 Å². The van der Waals surface area contributed by atoms with Crippen LogP contribution in [0.2, 0.25) is 5.02 Å². The van der Waals surface area contributed by atoms with Crippen LogP contribution >= 0.6 is 11.6 Å². The van der Waals surface area contributed by atoms with Gasteiger partial charge >= 0.3 is 0 Å². The second-order valence-electron chi connectivity index (χ2n) is 3.49. The standard InChI is InChI=1S/C10H10ClN3O3S/c1-7-13-14-10(17-7)6-12-18(15,16)9-4-2-8(11)3-5-9/h2-5,12H,6H2,1H3. The van der Waals surface area contributed by atoms with Crippen LogP contribution in [0.4, 0.5) is 0 Å². The summed E-state index contributed by atoms with van der Waals surface area (Å²) in [4.78, 5) is 0.128. The third-order valence-electron chi connectivity index (χ3n) is 2.11. The van der Waals surface area contributed by atoms with Crippen LogP contribution in [0.1, 0.15) is 11.8 Å². The van der Waals surface area contributed by atoms with E-state index in [1.54, 1.807) is 6.92 Å². The number of hydrogen-bond donors (Lipinski definition) is 1. The minimum absolute atomic E-state index is 0.0498. The summed E-state index contributed by atoms with van der Waals surface area (Å²) in [5, 5.41) is 7.77. The molecule has 1 aromatic carbocycles. The van der Waals surface area contributed by atoms with Crippen molar-refractivity contribution in [3.63, 3.8) is 0 Å². The number of nitrogens with zero attached hydrogens (tertiary/aromatic N) is 2. The number of benzene rings is 1. The van der Waals surface area contributed by atoms with Gasteiger partial charge in [-0.25, -0.2) is 13.1 Å². The van der Waals surface area contributed by atoms with Gasteiger partial charge in [0.25, 0.3) is 0 Å². The Bertz CT molecular complexity index is 637. The summed E-state index contributed by atoms with van der Waals surface area (Å²) >= 11 is 5.69. The molecule has 0 radical (unpaired) electrons. The summed E-state index contributed by atoms with van der Waals surface area (Å²) in [6.07, 6.45) is 0. The molecule has 1 aromatic heterocycles. The number of aryl methyl sites for hydroxylation is 1. The first-order chi connectivity index (χ1) is 8.47. The van der Waals surface area contributed by atoms with Crippen LogP contribution in [0, 0.1) is 6.92 Å². The molecular weight excluding hydrogens is 278 g/mol. The summed E-state index contributed by atoms with van der Waals surface area (Å²) in [5.74, 6) is 0.598. The predicted molar refractivity (Wildman–Crippen MR) is 64.5 cm³/mol. The fourth-order valence-corrected chi connectivity index (χ4v) is 2.36. The van der Waals surface area contributed by atoms with E-state index in [0.717, 1.165) is 0 Å². The van der Waals surface area contributed by atoms with Gasteiger partial charge in [0.2, 0.25) is 21.8 Å². The van der Waals surface area contributed by atoms with E-state index < -0.39 is 10.0 Å². The molecule has 8 heteroatoms. The number of halogens is 1. The first-order valence-electron chi connectivity index (χ1n) is 5.01. The minimum Gasteiger partial charge on any atom is -0.424 e. The number of hydrogen-bond acceptors (Lipinski definition) is 5. The average molecular weight is 288 g/mol. The van der Waals surface area contributed by atoms with Crippen molar-refractivity contribution in [3.8, 4) is 0 Å². The second kappa shape index (κ2) is 5.05. The molecule has 0 unspecified atom stereocenters. The highest BCUT2D eigenvalue weighted by Crippen LogP contribution is 2.14. The van der Waals surface area contributed by atoms with Gasteiger partial charge in [-0.3, -0.25) is 0 Å². The van der Waals surface area contributed by atoms with E-state index in [9.17, 15) is 8.42 Å². The molecule has 0 aliphatic heterocycles. The smallest absolute Gasteiger partial charge is 0.241 e. The van der Waals surface area contributed by atoms with Crippen molar-refractivity contribution in [3.05, 3.63) is 41.1 Å². The number of sulfonamides is 1. The van der Waals surface area contributed by atoms with Crippen molar-refractivity contribution < 1.29 is 12.8 Å². The zero-order valence-electron chi connectivity index (χ0n) is 9.42. The van der Waals surface area contributed by atoms with E-state index in [0.29, 0.717) is 10.9 Å². The Labute approximate surface area is 109 Å².